The SMILES string of the molecule is CC1C(O)CCN1CCCOc1ccc(-c2ccc(C#N)cc2)cc1. The summed E-state index contributed by atoms with van der Waals surface area (Å²) in [5.41, 5.74) is 2.87. The van der Waals surface area contributed by atoms with Gasteiger partial charge in [-0.1, -0.05) is 24.3 Å². The summed E-state index contributed by atoms with van der Waals surface area (Å²) in [5.74, 6) is 0.868. The molecule has 1 fully saturated rings. The zero-order chi connectivity index (χ0) is 17.6. The van der Waals surface area contributed by atoms with Gasteiger partial charge in [0.2, 0.25) is 0 Å². The fourth-order valence-electron chi connectivity index (χ4n) is 3.24. The number of aliphatic hydroxyl groups is 1. The third-order valence-electron chi connectivity index (χ3n) is 4.90. The minimum atomic E-state index is -0.185. The van der Waals surface area contributed by atoms with Gasteiger partial charge < -0.3 is 9.84 Å². The molecule has 4 heteroatoms. The molecule has 1 N–H and O–H groups in total. The van der Waals surface area contributed by atoms with Crippen LogP contribution in [0, 0.1) is 11.3 Å². The monoisotopic (exact) mass is 336 g/mol. The van der Waals surface area contributed by atoms with Gasteiger partial charge in [0.15, 0.2) is 0 Å². The lowest BCUT2D eigenvalue weighted by Gasteiger charge is -2.22. The van der Waals surface area contributed by atoms with Gasteiger partial charge in [0.05, 0.1) is 24.3 Å². The molecule has 0 spiro atoms. The molecule has 0 aliphatic carbocycles. The molecule has 0 aromatic heterocycles. The van der Waals surface area contributed by atoms with Gasteiger partial charge in [-0.2, -0.15) is 5.26 Å². The van der Waals surface area contributed by atoms with Crippen molar-refractivity contribution in [2.75, 3.05) is 19.7 Å². The summed E-state index contributed by atoms with van der Waals surface area (Å²) in [5, 5.41) is 18.6. The molecule has 0 radical (unpaired) electrons. The second-order valence-electron chi connectivity index (χ2n) is 6.55. The first kappa shape index (κ1) is 17.5. The van der Waals surface area contributed by atoms with Crippen LogP contribution in [0.1, 0.15) is 25.3 Å². The van der Waals surface area contributed by atoms with Crippen LogP contribution in [-0.4, -0.2) is 41.8 Å². The van der Waals surface area contributed by atoms with Crippen LogP contribution in [-0.2, 0) is 0 Å². The molecule has 25 heavy (non-hydrogen) atoms. The Morgan fingerprint density at radius 2 is 1.76 bits per heavy atom. The Kier molecular flexibility index (Phi) is 5.70. The van der Waals surface area contributed by atoms with Gasteiger partial charge in [-0.05, 0) is 55.2 Å². The zero-order valence-electron chi connectivity index (χ0n) is 14.6. The Balaban J connectivity index is 1.47. The molecular weight excluding hydrogens is 312 g/mol. The molecular formula is C21H24N2O2. The maximum atomic E-state index is 9.76. The summed E-state index contributed by atoms with van der Waals surface area (Å²) >= 11 is 0. The number of rotatable bonds is 6. The molecule has 2 aromatic rings. The number of nitriles is 1. The van der Waals surface area contributed by atoms with Crippen LogP contribution >= 0.6 is 0 Å². The molecule has 1 saturated heterocycles. The standard InChI is InChI=1S/C21H24N2O2/c1-16-21(24)11-13-23(16)12-2-14-25-20-9-7-19(8-10-20)18-5-3-17(15-22)4-6-18/h3-10,16,21,24H,2,11-14H2,1H3. The molecule has 0 amide bonds. The fourth-order valence-corrected chi connectivity index (χ4v) is 3.24. The Morgan fingerprint density at radius 1 is 1.12 bits per heavy atom. The first-order chi connectivity index (χ1) is 12.2. The summed E-state index contributed by atoms with van der Waals surface area (Å²) in [6.45, 7) is 4.69. The average molecular weight is 336 g/mol. The highest BCUT2D eigenvalue weighted by molar-refractivity contribution is 5.64. The van der Waals surface area contributed by atoms with E-state index in [4.69, 9.17) is 10.00 Å². The van der Waals surface area contributed by atoms with Crippen molar-refractivity contribution in [3.8, 4) is 22.9 Å². The van der Waals surface area contributed by atoms with Crippen molar-refractivity contribution >= 4 is 0 Å². The number of benzene rings is 2. The van der Waals surface area contributed by atoms with E-state index in [0.717, 1.165) is 42.8 Å². The maximum Gasteiger partial charge on any atom is 0.119 e. The molecule has 1 aliphatic rings. The third-order valence-corrected chi connectivity index (χ3v) is 4.90. The molecule has 2 unspecified atom stereocenters. The van der Waals surface area contributed by atoms with Crippen molar-refractivity contribution in [1.29, 1.82) is 5.26 Å². The molecule has 0 saturated carbocycles. The van der Waals surface area contributed by atoms with Gasteiger partial charge in [0.1, 0.15) is 5.75 Å². The lowest BCUT2D eigenvalue weighted by Crippen LogP contribution is -2.33. The molecule has 1 heterocycles. The highest BCUT2D eigenvalue weighted by atomic mass is 16.5. The van der Waals surface area contributed by atoms with Crippen molar-refractivity contribution < 1.29 is 9.84 Å². The van der Waals surface area contributed by atoms with E-state index in [0.29, 0.717) is 12.2 Å². The first-order valence-electron chi connectivity index (χ1n) is 8.83. The van der Waals surface area contributed by atoms with Crippen LogP contribution in [0.25, 0.3) is 11.1 Å². The van der Waals surface area contributed by atoms with E-state index in [1.807, 2.05) is 48.5 Å². The Bertz CT molecular complexity index is 719. The van der Waals surface area contributed by atoms with Crippen LogP contribution in [0.4, 0.5) is 0 Å². The summed E-state index contributed by atoms with van der Waals surface area (Å²) < 4.78 is 5.82. The Morgan fingerprint density at radius 3 is 2.32 bits per heavy atom. The molecule has 130 valence electrons. The lowest BCUT2D eigenvalue weighted by atomic mass is 10.0. The van der Waals surface area contributed by atoms with Gasteiger partial charge >= 0.3 is 0 Å². The summed E-state index contributed by atoms with van der Waals surface area (Å²) in [6.07, 6.45) is 1.64. The Hall–Kier alpha value is -2.35. The number of hydrogen-bond donors (Lipinski definition) is 1. The van der Waals surface area contributed by atoms with E-state index in [9.17, 15) is 5.11 Å². The number of likely N-dealkylation sites (tertiary alicyclic amines) is 1. The highest BCUT2D eigenvalue weighted by Gasteiger charge is 2.28. The van der Waals surface area contributed by atoms with Crippen molar-refractivity contribution in [1.82, 2.24) is 4.90 Å². The van der Waals surface area contributed by atoms with E-state index in [2.05, 4.69) is 17.9 Å². The predicted octanol–water partition coefficient (Wildman–Crippen LogP) is 3.45. The van der Waals surface area contributed by atoms with Crippen LogP contribution in [0.5, 0.6) is 5.75 Å². The van der Waals surface area contributed by atoms with Crippen LogP contribution in [0.15, 0.2) is 48.5 Å². The van der Waals surface area contributed by atoms with Crippen LogP contribution in [0.3, 0.4) is 0 Å². The molecule has 4 nitrogen and oxygen atoms in total. The summed E-state index contributed by atoms with van der Waals surface area (Å²) in [7, 11) is 0. The van der Waals surface area contributed by atoms with Crippen molar-refractivity contribution in [3.63, 3.8) is 0 Å². The zero-order valence-corrected chi connectivity index (χ0v) is 14.6. The molecule has 0 bridgehead atoms. The van der Waals surface area contributed by atoms with Crippen molar-refractivity contribution in [2.24, 2.45) is 0 Å². The van der Waals surface area contributed by atoms with Gasteiger partial charge in [0, 0.05) is 19.1 Å². The number of aliphatic hydroxyl groups excluding tert-OH is 1. The van der Waals surface area contributed by atoms with Gasteiger partial charge in [-0.25, -0.2) is 0 Å². The van der Waals surface area contributed by atoms with E-state index in [1.54, 1.807) is 0 Å². The summed E-state index contributed by atoms with van der Waals surface area (Å²) in [4.78, 5) is 2.32. The van der Waals surface area contributed by atoms with Crippen LogP contribution < -0.4 is 4.74 Å². The second-order valence-corrected chi connectivity index (χ2v) is 6.55. The van der Waals surface area contributed by atoms with E-state index >= 15 is 0 Å². The van der Waals surface area contributed by atoms with Crippen LogP contribution in [0.2, 0.25) is 0 Å². The summed E-state index contributed by atoms with van der Waals surface area (Å²) in [6, 6.07) is 18.0. The van der Waals surface area contributed by atoms with Crippen molar-refractivity contribution in [2.45, 2.75) is 31.9 Å². The van der Waals surface area contributed by atoms with E-state index in [1.165, 1.54) is 0 Å². The van der Waals surface area contributed by atoms with Gasteiger partial charge in [0.25, 0.3) is 0 Å². The largest absolute Gasteiger partial charge is 0.494 e. The first-order valence-corrected chi connectivity index (χ1v) is 8.83. The lowest BCUT2D eigenvalue weighted by molar-refractivity contribution is 0.122. The van der Waals surface area contributed by atoms with E-state index in [-0.39, 0.29) is 12.1 Å². The second kappa shape index (κ2) is 8.15. The average Bonchev–Trinajstić information content (AvgIpc) is 2.98. The van der Waals surface area contributed by atoms with Crippen molar-refractivity contribution in [3.05, 3.63) is 54.1 Å². The fraction of sp³-hybridized carbons (Fsp3) is 0.381. The predicted molar refractivity (Wildman–Crippen MR) is 98.4 cm³/mol. The van der Waals surface area contributed by atoms with Gasteiger partial charge in [-0.15, -0.1) is 0 Å². The Labute approximate surface area is 149 Å². The maximum absolute atomic E-state index is 9.76. The number of ether oxygens (including phenoxy) is 1. The minimum Gasteiger partial charge on any atom is -0.494 e. The smallest absolute Gasteiger partial charge is 0.119 e. The molecule has 2 atom stereocenters. The third kappa shape index (κ3) is 4.39. The minimum absolute atomic E-state index is 0.185. The normalized spacial score (nSPS) is 20.4. The number of nitrogens with zero attached hydrogens (tertiary/aromatic N) is 2. The molecule has 1 aliphatic heterocycles. The molecule has 2 aromatic carbocycles. The molecule has 3 rings (SSSR count). The van der Waals surface area contributed by atoms with E-state index < -0.39 is 0 Å². The van der Waals surface area contributed by atoms with Gasteiger partial charge in [-0.3, -0.25) is 4.90 Å². The number of hydrogen-bond acceptors (Lipinski definition) is 4. The topological polar surface area (TPSA) is 56.5 Å². The highest BCUT2D eigenvalue weighted by Crippen LogP contribution is 2.23. The quantitative estimate of drug-likeness (QED) is 0.821.